The van der Waals surface area contributed by atoms with E-state index in [1.165, 1.54) is 0 Å². The fourth-order valence-electron chi connectivity index (χ4n) is 1.60. The van der Waals surface area contributed by atoms with E-state index in [1.54, 1.807) is 0 Å². The van der Waals surface area contributed by atoms with Gasteiger partial charge in [0.2, 0.25) is 0 Å². The van der Waals surface area contributed by atoms with Crippen LogP contribution in [-0.4, -0.2) is 36.1 Å². The summed E-state index contributed by atoms with van der Waals surface area (Å²) in [5, 5.41) is 11.6. The zero-order chi connectivity index (χ0) is 13.7. The highest BCUT2D eigenvalue weighted by Crippen LogP contribution is 2.28. The Labute approximate surface area is 120 Å². The van der Waals surface area contributed by atoms with E-state index >= 15 is 0 Å². The van der Waals surface area contributed by atoms with Gasteiger partial charge in [0.1, 0.15) is 0 Å². The Morgan fingerprint density at radius 3 is 2.78 bits per heavy atom. The summed E-state index contributed by atoms with van der Waals surface area (Å²) in [6, 6.07) is 6.10. The van der Waals surface area contributed by atoms with Crippen LogP contribution in [-0.2, 0) is 0 Å². The molecule has 0 saturated heterocycles. The molecular formula is C12H18BrN3OS. The summed E-state index contributed by atoms with van der Waals surface area (Å²) in [5.74, 6) is 1.17. The Balaban J connectivity index is 2.98. The van der Waals surface area contributed by atoms with Crippen LogP contribution in [0.3, 0.4) is 0 Å². The lowest BCUT2D eigenvalue weighted by molar-refractivity contribution is 0.318. The highest BCUT2D eigenvalue weighted by atomic mass is 79.9. The van der Waals surface area contributed by atoms with E-state index in [0.29, 0.717) is 11.6 Å². The van der Waals surface area contributed by atoms with Crippen LogP contribution in [0.15, 0.2) is 27.8 Å². The number of benzene rings is 1. The number of rotatable bonds is 5. The quantitative estimate of drug-likeness (QED) is 0.377. The molecule has 4 nitrogen and oxygen atoms in total. The molecule has 1 atom stereocenters. The lowest BCUT2D eigenvalue weighted by Gasteiger charge is -2.27. The van der Waals surface area contributed by atoms with E-state index in [0.717, 1.165) is 15.9 Å². The van der Waals surface area contributed by atoms with Crippen LogP contribution >= 0.6 is 27.7 Å². The smallest absolute Gasteiger partial charge is 0.170 e. The first-order chi connectivity index (χ1) is 8.51. The number of nitrogens with zero attached hydrogens (tertiary/aromatic N) is 2. The van der Waals surface area contributed by atoms with Gasteiger partial charge < -0.3 is 15.8 Å². The molecule has 0 heterocycles. The first kappa shape index (κ1) is 15.2. The minimum atomic E-state index is 0.113. The van der Waals surface area contributed by atoms with E-state index < -0.39 is 0 Å². The number of hydrogen-bond acceptors (Lipinski definition) is 4. The van der Waals surface area contributed by atoms with Crippen LogP contribution in [0.25, 0.3) is 0 Å². The van der Waals surface area contributed by atoms with Crippen LogP contribution in [0.1, 0.15) is 12.5 Å². The third-order valence-corrected chi connectivity index (χ3v) is 4.25. The summed E-state index contributed by atoms with van der Waals surface area (Å²) in [6.07, 6.45) is 2.10. The largest absolute Gasteiger partial charge is 0.409 e. The molecule has 3 N–H and O–H groups in total. The zero-order valence-corrected chi connectivity index (χ0v) is 13.1. The Morgan fingerprint density at radius 2 is 2.28 bits per heavy atom. The van der Waals surface area contributed by atoms with Crippen LogP contribution in [0, 0.1) is 0 Å². The second-order valence-electron chi connectivity index (χ2n) is 4.07. The van der Waals surface area contributed by atoms with Crippen molar-refractivity contribution in [1.82, 2.24) is 0 Å². The lowest BCUT2D eigenvalue weighted by Crippen LogP contribution is -2.31. The highest BCUT2D eigenvalue weighted by molar-refractivity contribution is 9.10. The van der Waals surface area contributed by atoms with Crippen molar-refractivity contribution < 1.29 is 5.21 Å². The third-order valence-electron chi connectivity index (χ3n) is 2.80. The summed E-state index contributed by atoms with van der Waals surface area (Å²) in [6.45, 7) is 2.18. The summed E-state index contributed by atoms with van der Waals surface area (Å²) in [7, 11) is 2.06. The second kappa shape index (κ2) is 6.89. The topological polar surface area (TPSA) is 61.8 Å². The maximum absolute atomic E-state index is 8.65. The number of halogens is 1. The molecule has 1 rings (SSSR count). The van der Waals surface area contributed by atoms with Gasteiger partial charge in [-0.2, -0.15) is 11.8 Å². The average molecular weight is 332 g/mol. The van der Waals surface area contributed by atoms with Crippen molar-refractivity contribution >= 4 is 39.2 Å². The number of amidine groups is 1. The second-order valence-corrected chi connectivity index (χ2v) is 5.83. The minimum Gasteiger partial charge on any atom is -0.409 e. The summed E-state index contributed by atoms with van der Waals surface area (Å²) >= 11 is 5.35. The van der Waals surface area contributed by atoms with Gasteiger partial charge in [0.25, 0.3) is 0 Å². The Morgan fingerprint density at radius 1 is 1.61 bits per heavy atom. The molecule has 100 valence electrons. The molecule has 0 aromatic heterocycles. The number of oxime groups is 1. The monoisotopic (exact) mass is 331 g/mol. The predicted molar refractivity (Wildman–Crippen MR) is 82.9 cm³/mol. The molecule has 18 heavy (non-hydrogen) atoms. The van der Waals surface area contributed by atoms with Gasteiger partial charge in [0, 0.05) is 28.9 Å². The van der Waals surface area contributed by atoms with Crippen LogP contribution in [0.4, 0.5) is 5.69 Å². The van der Waals surface area contributed by atoms with Gasteiger partial charge in [-0.25, -0.2) is 0 Å². The van der Waals surface area contributed by atoms with Crippen molar-refractivity contribution in [2.24, 2.45) is 10.9 Å². The Bertz CT molecular complexity index is 439. The predicted octanol–water partition coefficient (Wildman–Crippen LogP) is 2.73. The third kappa shape index (κ3) is 3.55. The maximum atomic E-state index is 8.65. The number of thioether (sulfide) groups is 1. The summed E-state index contributed by atoms with van der Waals surface area (Å²) in [4.78, 5) is 2.21. The number of nitrogens with two attached hydrogens (primary N) is 1. The molecular weight excluding hydrogens is 314 g/mol. The molecule has 0 aliphatic heterocycles. The van der Waals surface area contributed by atoms with Crippen LogP contribution < -0.4 is 10.6 Å². The van der Waals surface area contributed by atoms with Crippen molar-refractivity contribution in [2.45, 2.75) is 13.0 Å². The average Bonchev–Trinajstić information content (AvgIpc) is 2.37. The summed E-state index contributed by atoms with van der Waals surface area (Å²) in [5.41, 5.74) is 7.34. The highest BCUT2D eigenvalue weighted by Gasteiger charge is 2.13. The number of hydrogen-bond donors (Lipinski definition) is 2. The van der Waals surface area contributed by atoms with Crippen LogP contribution in [0.5, 0.6) is 0 Å². The molecule has 0 spiro atoms. The Kier molecular flexibility index (Phi) is 5.81. The van der Waals surface area contributed by atoms with E-state index in [1.807, 2.05) is 30.0 Å². The van der Waals surface area contributed by atoms with E-state index in [2.05, 4.69) is 46.2 Å². The standard InChI is InChI=1S/C12H18BrN3OS/c1-8(7-18-3)16(2)11-5-4-9(6-10(11)13)12(14)15-17/h4-6,8,17H,7H2,1-3H3,(H2,14,15). The molecule has 1 aromatic carbocycles. The molecule has 1 aromatic rings. The van der Waals surface area contributed by atoms with Gasteiger partial charge in [0.05, 0.1) is 5.69 Å². The Hall–Kier alpha value is -0.880. The molecule has 6 heteroatoms. The van der Waals surface area contributed by atoms with Crippen LogP contribution in [0.2, 0.25) is 0 Å². The van der Waals surface area contributed by atoms with Crippen molar-refractivity contribution in [3.63, 3.8) is 0 Å². The molecule has 0 fully saturated rings. The van der Waals surface area contributed by atoms with E-state index in [4.69, 9.17) is 10.9 Å². The molecule has 0 aliphatic carbocycles. The maximum Gasteiger partial charge on any atom is 0.170 e. The van der Waals surface area contributed by atoms with Gasteiger partial charge in [-0.3, -0.25) is 0 Å². The molecule has 0 saturated carbocycles. The van der Waals surface area contributed by atoms with Crippen molar-refractivity contribution in [3.8, 4) is 0 Å². The van der Waals surface area contributed by atoms with E-state index in [9.17, 15) is 0 Å². The fourth-order valence-corrected chi connectivity index (χ4v) is 2.96. The van der Waals surface area contributed by atoms with Crippen molar-refractivity contribution in [2.75, 3.05) is 24.0 Å². The molecule has 0 amide bonds. The molecule has 0 aliphatic rings. The lowest BCUT2D eigenvalue weighted by atomic mass is 10.1. The van der Waals surface area contributed by atoms with Gasteiger partial charge in [0.15, 0.2) is 5.84 Å². The first-order valence-corrected chi connectivity index (χ1v) is 7.69. The van der Waals surface area contributed by atoms with Crippen molar-refractivity contribution in [3.05, 3.63) is 28.2 Å². The summed E-state index contributed by atoms with van der Waals surface area (Å²) < 4.78 is 0.932. The van der Waals surface area contributed by atoms with Crippen molar-refractivity contribution in [1.29, 1.82) is 0 Å². The molecule has 1 unspecified atom stereocenters. The van der Waals surface area contributed by atoms with Gasteiger partial charge in [-0.15, -0.1) is 0 Å². The van der Waals surface area contributed by atoms with Gasteiger partial charge in [-0.05, 0) is 47.3 Å². The fraction of sp³-hybridized carbons (Fsp3) is 0.417. The first-order valence-electron chi connectivity index (χ1n) is 5.50. The SMILES string of the molecule is CSCC(C)N(C)c1ccc(/C(N)=N/O)cc1Br. The zero-order valence-electron chi connectivity index (χ0n) is 10.7. The number of anilines is 1. The normalized spacial score (nSPS) is 13.4. The van der Waals surface area contributed by atoms with E-state index in [-0.39, 0.29) is 5.84 Å². The van der Waals surface area contributed by atoms with Gasteiger partial charge in [-0.1, -0.05) is 5.16 Å². The van der Waals surface area contributed by atoms with Gasteiger partial charge >= 0.3 is 0 Å². The molecule has 0 radical (unpaired) electrons. The molecule has 0 bridgehead atoms. The minimum absolute atomic E-state index is 0.113.